The first-order valence-corrected chi connectivity index (χ1v) is 12.9. The third-order valence-electron chi connectivity index (χ3n) is 6.64. The van der Waals surface area contributed by atoms with Crippen molar-refractivity contribution in [2.75, 3.05) is 6.54 Å². The first-order valence-electron chi connectivity index (χ1n) is 12.9. The summed E-state index contributed by atoms with van der Waals surface area (Å²) < 4.78 is 20.3. The highest BCUT2D eigenvalue weighted by Crippen LogP contribution is 2.38. The highest BCUT2D eigenvalue weighted by atomic mass is 19.1. The monoisotopic (exact) mass is 502 g/mol. The van der Waals surface area contributed by atoms with Gasteiger partial charge in [-0.25, -0.2) is 4.39 Å². The number of rotatable bonds is 8. The second-order valence-electron chi connectivity index (χ2n) is 10.2. The Kier molecular flexibility index (Phi) is 8.27. The van der Waals surface area contributed by atoms with Gasteiger partial charge in [0.2, 0.25) is 5.91 Å². The van der Waals surface area contributed by atoms with Crippen molar-refractivity contribution in [1.82, 2.24) is 10.2 Å². The first kappa shape index (κ1) is 26.4. The van der Waals surface area contributed by atoms with E-state index in [9.17, 15) is 14.0 Å². The van der Waals surface area contributed by atoms with E-state index in [-0.39, 0.29) is 23.5 Å². The summed E-state index contributed by atoms with van der Waals surface area (Å²) in [6, 6.07) is 19.7. The molecule has 0 saturated carbocycles. The highest BCUT2D eigenvalue weighted by Gasteiger charge is 2.33. The van der Waals surface area contributed by atoms with Crippen LogP contribution in [0.3, 0.4) is 0 Å². The quantitative estimate of drug-likeness (QED) is 0.428. The Hall–Kier alpha value is -3.67. The molecular weight excluding hydrogens is 467 g/mol. The maximum absolute atomic E-state index is 14.2. The third-order valence-corrected chi connectivity index (χ3v) is 6.64. The van der Waals surface area contributed by atoms with Crippen LogP contribution in [0.5, 0.6) is 5.75 Å². The molecule has 1 aliphatic heterocycles. The molecular formula is C31H35FN2O3. The highest BCUT2D eigenvalue weighted by molar-refractivity contribution is 5.80. The molecule has 4 rings (SSSR count). The molecule has 2 amide bonds. The van der Waals surface area contributed by atoms with E-state index >= 15 is 0 Å². The van der Waals surface area contributed by atoms with Crippen molar-refractivity contribution in [1.29, 1.82) is 0 Å². The number of benzene rings is 3. The molecule has 0 unspecified atom stereocenters. The number of nitrogens with one attached hydrogen (secondary N) is 1. The second kappa shape index (κ2) is 11.6. The van der Waals surface area contributed by atoms with Crippen LogP contribution in [-0.4, -0.2) is 29.4 Å². The molecule has 1 aliphatic rings. The van der Waals surface area contributed by atoms with Gasteiger partial charge in [-0.05, 0) is 72.7 Å². The lowest BCUT2D eigenvalue weighted by atomic mass is 9.87. The zero-order valence-corrected chi connectivity index (χ0v) is 22.0. The summed E-state index contributed by atoms with van der Waals surface area (Å²) in [4.78, 5) is 27.8. The SMILES string of the molecule is Cc1cccc(CNC(=O)[C@H](C)Oc2ccc3c(c2)[C@H](c2cccc(F)c2)N(C(=O)CC(C)C)CC3)c1. The number of carbonyl (C=O) groups excluding carboxylic acids is 2. The van der Waals surface area contributed by atoms with Crippen LogP contribution < -0.4 is 10.1 Å². The van der Waals surface area contributed by atoms with E-state index in [1.807, 2.05) is 74.2 Å². The molecule has 0 fully saturated rings. The van der Waals surface area contributed by atoms with E-state index in [2.05, 4.69) is 5.32 Å². The number of amides is 2. The molecule has 194 valence electrons. The molecule has 0 bridgehead atoms. The van der Waals surface area contributed by atoms with E-state index in [1.54, 1.807) is 13.0 Å². The molecule has 37 heavy (non-hydrogen) atoms. The molecule has 0 saturated heterocycles. The normalized spacial score (nSPS) is 15.7. The van der Waals surface area contributed by atoms with Gasteiger partial charge in [0.05, 0.1) is 6.04 Å². The molecule has 3 aromatic rings. The lowest BCUT2D eigenvalue weighted by Crippen LogP contribution is -2.41. The fourth-order valence-electron chi connectivity index (χ4n) is 4.85. The summed E-state index contributed by atoms with van der Waals surface area (Å²) in [6.07, 6.45) is 0.422. The number of halogens is 1. The largest absolute Gasteiger partial charge is 0.481 e. The summed E-state index contributed by atoms with van der Waals surface area (Å²) in [6.45, 7) is 8.76. The number of aryl methyl sites for hydroxylation is 1. The van der Waals surface area contributed by atoms with Crippen molar-refractivity contribution < 1.29 is 18.7 Å². The number of ether oxygens (including phenoxy) is 1. The van der Waals surface area contributed by atoms with E-state index < -0.39 is 12.1 Å². The molecule has 0 aromatic heterocycles. The third kappa shape index (κ3) is 6.56. The molecule has 5 nitrogen and oxygen atoms in total. The zero-order chi connectivity index (χ0) is 26.5. The van der Waals surface area contributed by atoms with Crippen LogP contribution in [-0.2, 0) is 22.6 Å². The van der Waals surface area contributed by atoms with Gasteiger partial charge in [-0.2, -0.15) is 0 Å². The molecule has 3 aromatic carbocycles. The number of nitrogens with zero attached hydrogens (tertiary/aromatic N) is 1. The Morgan fingerprint density at radius 3 is 2.57 bits per heavy atom. The number of carbonyl (C=O) groups is 2. The maximum Gasteiger partial charge on any atom is 0.261 e. The van der Waals surface area contributed by atoms with Crippen molar-refractivity contribution in [2.45, 2.75) is 59.2 Å². The average Bonchev–Trinajstić information content (AvgIpc) is 2.86. The van der Waals surface area contributed by atoms with Crippen LogP contribution in [0.2, 0.25) is 0 Å². The minimum Gasteiger partial charge on any atom is -0.481 e. The van der Waals surface area contributed by atoms with Gasteiger partial charge in [0.1, 0.15) is 11.6 Å². The van der Waals surface area contributed by atoms with Gasteiger partial charge in [0.15, 0.2) is 6.10 Å². The molecule has 0 radical (unpaired) electrons. The van der Waals surface area contributed by atoms with Crippen LogP contribution >= 0.6 is 0 Å². The van der Waals surface area contributed by atoms with E-state index in [0.29, 0.717) is 31.7 Å². The van der Waals surface area contributed by atoms with E-state index in [0.717, 1.165) is 27.8 Å². The van der Waals surface area contributed by atoms with Crippen LogP contribution in [0, 0.1) is 18.7 Å². The molecule has 0 spiro atoms. The van der Waals surface area contributed by atoms with Crippen LogP contribution in [0.4, 0.5) is 4.39 Å². The van der Waals surface area contributed by atoms with Crippen molar-refractivity contribution in [3.05, 3.63) is 100 Å². The molecule has 0 aliphatic carbocycles. The first-order chi connectivity index (χ1) is 17.7. The van der Waals surface area contributed by atoms with Crippen molar-refractivity contribution in [2.24, 2.45) is 5.92 Å². The Balaban J connectivity index is 1.56. The molecule has 1 heterocycles. The summed E-state index contributed by atoms with van der Waals surface area (Å²) in [7, 11) is 0. The van der Waals surface area contributed by atoms with Crippen molar-refractivity contribution in [3.8, 4) is 5.75 Å². The Morgan fingerprint density at radius 2 is 1.84 bits per heavy atom. The van der Waals surface area contributed by atoms with Gasteiger partial charge in [0.25, 0.3) is 5.91 Å². The van der Waals surface area contributed by atoms with Crippen molar-refractivity contribution >= 4 is 11.8 Å². The van der Waals surface area contributed by atoms with E-state index in [4.69, 9.17) is 4.74 Å². The van der Waals surface area contributed by atoms with Gasteiger partial charge in [-0.1, -0.05) is 61.9 Å². The predicted molar refractivity (Wildman–Crippen MR) is 143 cm³/mol. The summed E-state index contributed by atoms with van der Waals surface area (Å²) in [5, 5.41) is 2.93. The predicted octanol–water partition coefficient (Wildman–Crippen LogP) is 5.74. The van der Waals surface area contributed by atoms with Gasteiger partial charge in [0, 0.05) is 19.5 Å². The smallest absolute Gasteiger partial charge is 0.261 e. The molecule has 2 atom stereocenters. The fourth-order valence-corrected chi connectivity index (χ4v) is 4.85. The molecule has 6 heteroatoms. The second-order valence-corrected chi connectivity index (χ2v) is 10.2. The topological polar surface area (TPSA) is 58.6 Å². The van der Waals surface area contributed by atoms with Gasteiger partial charge in [-0.15, -0.1) is 0 Å². The van der Waals surface area contributed by atoms with Crippen LogP contribution in [0.15, 0.2) is 66.7 Å². The van der Waals surface area contributed by atoms with Gasteiger partial charge < -0.3 is 15.0 Å². The standard InChI is InChI=1S/C31H35FN2O3/c1-20(2)15-29(35)34-14-13-24-11-12-27(18-28(24)30(34)25-9-6-10-26(32)17-25)37-22(4)31(36)33-19-23-8-5-7-21(3)16-23/h5-12,16-18,20,22,30H,13-15,19H2,1-4H3,(H,33,36)/t22-,30-/m0/s1. The number of fused-ring (bicyclic) bond motifs is 1. The van der Waals surface area contributed by atoms with Crippen LogP contribution in [0.25, 0.3) is 0 Å². The summed E-state index contributed by atoms with van der Waals surface area (Å²) >= 11 is 0. The van der Waals surface area contributed by atoms with Crippen LogP contribution in [0.1, 0.15) is 61.1 Å². The van der Waals surface area contributed by atoms with Gasteiger partial charge >= 0.3 is 0 Å². The lowest BCUT2D eigenvalue weighted by molar-refractivity contribution is -0.134. The number of hydrogen-bond donors (Lipinski definition) is 1. The zero-order valence-electron chi connectivity index (χ0n) is 22.0. The lowest BCUT2D eigenvalue weighted by Gasteiger charge is -2.38. The Morgan fingerprint density at radius 1 is 1.05 bits per heavy atom. The average molecular weight is 503 g/mol. The summed E-state index contributed by atoms with van der Waals surface area (Å²) in [5.41, 5.74) is 4.88. The Labute approximate surface area is 218 Å². The fraction of sp³-hybridized carbons (Fsp3) is 0.355. The molecule has 1 N–H and O–H groups in total. The number of hydrogen-bond acceptors (Lipinski definition) is 3. The summed E-state index contributed by atoms with van der Waals surface area (Å²) in [5.74, 6) is 0.249. The minimum atomic E-state index is -0.710. The Bertz CT molecular complexity index is 1270. The van der Waals surface area contributed by atoms with E-state index in [1.165, 1.54) is 12.1 Å². The minimum absolute atomic E-state index is 0.0464. The van der Waals surface area contributed by atoms with Gasteiger partial charge in [-0.3, -0.25) is 9.59 Å². The maximum atomic E-state index is 14.2. The van der Waals surface area contributed by atoms with Crippen molar-refractivity contribution in [3.63, 3.8) is 0 Å².